The van der Waals surface area contributed by atoms with Crippen molar-refractivity contribution in [3.05, 3.63) is 67.3 Å². The average molecular weight is 472 g/mol. The summed E-state index contributed by atoms with van der Waals surface area (Å²) in [7, 11) is 0. The second-order valence-corrected chi connectivity index (χ2v) is 8.64. The largest absolute Gasteiger partial charge is 0.302 e. The van der Waals surface area contributed by atoms with E-state index in [2.05, 4.69) is 9.88 Å². The first-order valence-electron chi connectivity index (χ1n) is 10.5. The summed E-state index contributed by atoms with van der Waals surface area (Å²) in [6, 6.07) is 6.97. The maximum absolute atomic E-state index is 13.5. The highest BCUT2D eigenvalue weighted by Crippen LogP contribution is 2.33. The number of rotatable bonds is 9. The van der Waals surface area contributed by atoms with Crippen LogP contribution >= 0.6 is 11.3 Å². The molecule has 0 radical (unpaired) electrons. The lowest BCUT2D eigenvalue weighted by Gasteiger charge is -2.24. The number of benzene rings is 2. The van der Waals surface area contributed by atoms with Crippen LogP contribution < -0.4 is 4.90 Å². The van der Waals surface area contributed by atoms with E-state index in [1.165, 1.54) is 16.2 Å². The van der Waals surface area contributed by atoms with Gasteiger partial charge in [-0.05, 0) is 44.1 Å². The van der Waals surface area contributed by atoms with Crippen LogP contribution in [0.2, 0.25) is 0 Å². The zero-order chi connectivity index (χ0) is 24.3. The standard InChI is InChI=1S/C22H25N5O5S/c1-5-24(6-2)7-8-25(22-23-19-10-14(3)9-15(4)20(19)33-22)21(28)16-11-17(26(29)30)13-18(12-16)27(31)32/h9-13H,5-8H2,1-4H3. The summed E-state index contributed by atoms with van der Waals surface area (Å²) in [5, 5.41) is 23.1. The highest BCUT2D eigenvalue weighted by Gasteiger charge is 2.26. The molecule has 0 aliphatic rings. The van der Waals surface area contributed by atoms with Gasteiger partial charge in [-0.2, -0.15) is 0 Å². The number of nitro benzene ring substituents is 2. The summed E-state index contributed by atoms with van der Waals surface area (Å²) in [5.74, 6) is -0.567. The van der Waals surface area contributed by atoms with Crippen molar-refractivity contribution in [3.8, 4) is 0 Å². The minimum absolute atomic E-state index is 0.123. The Hall–Kier alpha value is -3.44. The van der Waals surface area contributed by atoms with Gasteiger partial charge in [-0.25, -0.2) is 4.98 Å². The van der Waals surface area contributed by atoms with E-state index in [-0.39, 0.29) is 12.1 Å². The smallest absolute Gasteiger partial charge is 0.277 e. The van der Waals surface area contributed by atoms with E-state index in [0.29, 0.717) is 11.7 Å². The minimum atomic E-state index is -0.742. The van der Waals surface area contributed by atoms with Gasteiger partial charge in [0.1, 0.15) is 0 Å². The highest BCUT2D eigenvalue weighted by atomic mass is 32.1. The second-order valence-electron chi connectivity index (χ2n) is 7.66. The average Bonchev–Trinajstić information content (AvgIpc) is 3.20. The molecule has 3 aromatic rings. The predicted octanol–water partition coefficient (Wildman–Crippen LogP) is 4.72. The monoisotopic (exact) mass is 471 g/mol. The van der Waals surface area contributed by atoms with Crippen LogP contribution in [0.5, 0.6) is 0 Å². The van der Waals surface area contributed by atoms with Gasteiger partial charge < -0.3 is 4.90 Å². The number of hydrogen-bond donors (Lipinski definition) is 0. The summed E-state index contributed by atoms with van der Waals surface area (Å²) >= 11 is 1.36. The Labute approximate surface area is 194 Å². The number of hydrogen-bond acceptors (Lipinski definition) is 8. The zero-order valence-electron chi connectivity index (χ0n) is 18.9. The fourth-order valence-electron chi connectivity index (χ4n) is 3.63. The van der Waals surface area contributed by atoms with Gasteiger partial charge in [-0.15, -0.1) is 0 Å². The molecule has 0 saturated carbocycles. The van der Waals surface area contributed by atoms with Crippen LogP contribution in [0, 0.1) is 34.1 Å². The maximum atomic E-state index is 13.5. The van der Waals surface area contributed by atoms with E-state index in [1.54, 1.807) is 0 Å². The summed E-state index contributed by atoms with van der Waals surface area (Å²) in [6.07, 6.45) is 0. The van der Waals surface area contributed by atoms with Crippen LogP contribution in [0.15, 0.2) is 30.3 Å². The number of anilines is 1. The van der Waals surface area contributed by atoms with Crippen molar-refractivity contribution in [2.45, 2.75) is 27.7 Å². The fourth-order valence-corrected chi connectivity index (χ4v) is 4.67. The summed E-state index contributed by atoms with van der Waals surface area (Å²) in [6.45, 7) is 10.4. The summed E-state index contributed by atoms with van der Waals surface area (Å²) in [5.41, 5.74) is 1.71. The molecule has 0 aliphatic heterocycles. The van der Waals surface area contributed by atoms with Gasteiger partial charge >= 0.3 is 0 Å². The van der Waals surface area contributed by atoms with Crippen LogP contribution in [0.25, 0.3) is 10.2 Å². The fraction of sp³-hybridized carbons (Fsp3) is 0.364. The molecule has 0 aliphatic carbocycles. The number of amides is 1. The number of thiazole rings is 1. The molecule has 1 aromatic heterocycles. The van der Waals surface area contributed by atoms with Crippen LogP contribution in [-0.2, 0) is 0 Å². The molecule has 0 atom stereocenters. The number of non-ortho nitro benzene ring substituents is 2. The van der Waals surface area contributed by atoms with Crippen LogP contribution in [0.3, 0.4) is 0 Å². The van der Waals surface area contributed by atoms with Crippen molar-refractivity contribution in [3.63, 3.8) is 0 Å². The number of aryl methyl sites for hydroxylation is 2. The molecule has 0 spiro atoms. The molecule has 0 saturated heterocycles. The van der Waals surface area contributed by atoms with E-state index < -0.39 is 27.1 Å². The SMILES string of the molecule is CCN(CC)CCN(C(=O)c1cc([N+](=O)[O-])cc([N+](=O)[O-])c1)c1nc2cc(C)cc(C)c2s1. The summed E-state index contributed by atoms with van der Waals surface area (Å²) < 4.78 is 0.946. The normalized spacial score (nSPS) is 11.2. The van der Waals surface area contributed by atoms with Gasteiger partial charge in [0.15, 0.2) is 5.13 Å². The lowest BCUT2D eigenvalue weighted by atomic mass is 10.1. The van der Waals surface area contributed by atoms with Crippen LogP contribution in [0.4, 0.5) is 16.5 Å². The first kappa shape index (κ1) is 24.2. The van der Waals surface area contributed by atoms with Crippen molar-refractivity contribution >= 4 is 44.0 Å². The number of fused-ring (bicyclic) bond motifs is 1. The van der Waals surface area contributed by atoms with E-state index in [9.17, 15) is 25.0 Å². The molecule has 1 amide bonds. The third kappa shape index (κ3) is 5.32. The summed E-state index contributed by atoms with van der Waals surface area (Å²) in [4.78, 5) is 42.9. The van der Waals surface area contributed by atoms with Crippen molar-refractivity contribution in [1.29, 1.82) is 0 Å². The van der Waals surface area contributed by atoms with E-state index in [4.69, 9.17) is 0 Å². The molecular weight excluding hydrogens is 446 g/mol. The molecule has 2 aromatic carbocycles. The van der Waals surface area contributed by atoms with Crippen molar-refractivity contribution < 1.29 is 14.6 Å². The lowest BCUT2D eigenvalue weighted by Crippen LogP contribution is -2.38. The Balaban J connectivity index is 2.10. The highest BCUT2D eigenvalue weighted by molar-refractivity contribution is 7.22. The molecule has 0 N–H and O–H groups in total. The molecule has 174 valence electrons. The van der Waals surface area contributed by atoms with Gasteiger partial charge in [0.05, 0.1) is 31.7 Å². The van der Waals surface area contributed by atoms with Crippen LogP contribution in [-0.4, -0.2) is 51.8 Å². The second kappa shape index (κ2) is 10.0. The topological polar surface area (TPSA) is 123 Å². The van der Waals surface area contributed by atoms with E-state index in [0.717, 1.165) is 52.6 Å². The molecule has 1 heterocycles. The first-order valence-corrected chi connectivity index (χ1v) is 11.3. The Bertz CT molecular complexity index is 1190. The molecule has 0 bridgehead atoms. The van der Waals surface area contributed by atoms with E-state index >= 15 is 0 Å². The van der Waals surface area contributed by atoms with Gasteiger partial charge in [0.2, 0.25) is 0 Å². The maximum Gasteiger partial charge on any atom is 0.277 e. The van der Waals surface area contributed by atoms with Gasteiger partial charge in [-0.3, -0.25) is 29.9 Å². The van der Waals surface area contributed by atoms with Crippen molar-refractivity contribution in [1.82, 2.24) is 9.88 Å². The molecule has 3 rings (SSSR count). The van der Waals surface area contributed by atoms with Crippen LogP contribution in [0.1, 0.15) is 35.3 Å². The number of nitro groups is 2. The Kier molecular flexibility index (Phi) is 7.34. The van der Waals surface area contributed by atoms with Crippen molar-refractivity contribution in [2.75, 3.05) is 31.1 Å². The van der Waals surface area contributed by atoms with Gasteiger partial charge in [0, 0.05) is 25.2 Å². The molecular formula is C22H25N5O5S. The van der Waals surface area contributed by atoms with Gasteiger partial charge in [-0.1, -0.05) is 31.3 Å². The quantitative estimate of drug-likeness (QED) is 0.327. The molecule has 0 fully saturated rings. The number of carbonyl (C=O) groups is 1. The van der Waals surface area contributed by atoms with E-state index in [1.807, 2.05) is 39.8 Å². The number of aromatic nitrogens is 1. The minimum Gasteiger partial charge on any atom is -0.302 e. The third-order valence-corrected chi connectivity index (χ3v) is 6.62. The Morgan fingerprint density at radius 2 is 1.58 bits per heavy atom. The molecule has 10 nitrogen and oxygen atoms in total. The Morgan fingerprint density at radius 3 is 2.12 bits per heavy atom. The molecule has 0 unspecified atom stereocenters. The first-order chi connectivity index (χ1) is 15.6. The zero-order valence-corrected chi connectivity index (χ0v) is 19.7. The van der Waals surface area contributed by atoms with Crippen molar-refractivity contribution in [2.24, 2.45) is 0 Å². The number of carbonyl (C=O) groups excluding carboxylic acids is 1. The predicted molar refractivity (Wildman–Crippen MR) is 128 cm³/mol. The molecule has 33 heavy (non-hydrogen) atoms. The van der Waals surface area contributed by atoms with Gasteiger partial charge in [0.25, 0.3) is 17.3 Å². The molecule has 11 heteroatoms. The third-order valence-electron chi connectivity index (χ3n) is 5.39. The number of likely N-dealkylation sites (N-methyl/N-ethyl adjacent to an activating group) is 1. The lowest BCUT2D eigenvalue weighted by molar-refractivity contribution is -0.394. The number of nitrogens with zero attached hydrogens (tertiary/aromatic N) is 5. The Morgan fingerprint density at radius 1 is 0.970 bits per heavy atom.